The van der Waals surface area contributed by atoms with Crippen molar-refractivity contribution in [3.05, 3.63) is 35.4 Å². The molecular weight excluding hydrogens is 190 g/mol. The first-order valence-corrected chi connectivity index (χ1v) is 3.67. The zero-order chi connectivity index (χ0) is 9.14. The van der Waals surface area contributed by atoms with E-state index >= 15 is 0 Å². The van der Waals surface area contributed by atoms with Gasteiger partial charge in [-0.15, -0.1) is 12.4 Å². The lowest BCUT2D eigenvalue weighted by atomic mass is 10.0. The molecule has 1 aromatic carbocycles. The maximum absolute atomic E-state index is 10.5. The number of nitrogens with two attached hydrogens (primary N) is 1. The molecule has 0 fully saturated rings. The van der Waals surface area contributed by atoms with Gasteiger partial charge in [-0.25, -0.2) is 0 Å². The predicted molar refractivity (Wildman–Crippen MR) is 53.0 cm³/mol. The van der Waals surface area contributed by atoms with Crippen LogP contribution in [-0.4, -0.2) is 11.1 Å². The largest absolute Gasteiger partial charge is 0.480 e. The fraction of sp³-hybridized carbons (Fsp3) is 0.222. The molecule has 13 heavy (non-hydrogen) atoms. The Hall–Kier alpha value is -1.06. The molecule has 0 aromatic heterocycles. The summed E-state index contributed by atoms with van der Waals surface area (Å²) in [5.74, 6) is -0.996. The van der Waals surface area contributed by atoms with E-state index in [-0.39, 0.29) is 12.4 Å². The van der Waals surface area contributed by atoms with Crippen molar-refractivity contribution in [3.63, 3.8) is 0 Å². The highest BCUT2D eigenvalue weighted by Gasteiger charge is 2.14. The predicted octanol–water partition coefficient (Wildman–Crippen LogP) is 1.50. The summed E-state index contributed by atoms with van der Waals surface area (Å²) in [4.78, 5) is 10.5. The number of carbonyl (C=O) groups is 1. The summed E-state index contributed by atoms with van der Waals surface area (Å²) in [6, 6.07) is 6.30. The molecule has 0 bridgehead atoms. The Labute approximate surface area is 83.0 Å². The van der Waals surface area contributed by atoms with Crippen molar-refractivity contribution in [1.82, 2.24) is 0 Å². The average Bonchev–Trinajstić information content (AvgIpc) is 2.04. The van der Waals surface area contributed by atoms with Crippen LogP contribution in [-0.2, 0) is 4.79 Å². The molecule has 0 aliphatic rings. The van der Waals surface area contributed by atoms with Crippen LogP contribution in [0.3, 0.4) is 0 Å². The standard InChI is InChI=1S/C9H11NO2.ClH/c1-6-4-2-3-5-7(6)8(10)9(11)12;/h2-5,8H,10H2,1H3,(H,11,12);1H/t8-;/m0./s1. The number of halogens is 1. The molecular formula is C9H12ClNO2. The number of hydrogen-bond acceptors (Lipinski definition) is 2. The molecule has 0 spiro atoms. The van der Waals surface area contributed by atoms with Crippen LogP contribution in [0.25, 0.3) is 0 Å². The molecule has 3 nitrogen and oxygen atoms in total. The van der Waals surface area contributed by atoms with Crippen LogP contribution >= 0.6 is 12.4 Å². The third-order valence-electron chi connectivity index (χ3n) is 1.79. The van der Waals surface area contributed by atoms with Gasteiger partial charge in [-0.05, 0) is 18.1 Å². The molecule has 4 heteroatoms. The van der Waals surface area contributed by atoms with Gasteiger partial charge >= 0.3 is 5.97 Å². The number of rotatable bonds is 2. The monoisotopic (exact) mass is 201 g/mol. The van der Waals surface area contributed by atoms with Crippen LogP contribution in [0.2, 0.25) is 0 Å². The summed E-state index contributed by atoms with van der Waals surface area (Å²) in [7, 11) is 0. The summed E-state index contributed by atoms with van der Waals surface area (Å²) in [6.07, 6.45) is 0. The third kappa shape index (κ3) is 2.72. The van der Waals surface area contributed by atoms with E-state index in [1.807, 2.05) is 19.1 Å². The van der Waals surface area contributed by atoms with Crippen LogP contribution in [0.1, 0.15) is 17.2 Å². The molecule has 1 aromatic rings. The Morgan fingerprint density at radius 1 is 1.46 bits per heavy atom. The molecule has 0 saturated carbocycles. The van der Waals surface area contributed by atoms with Crippen LogP contribution in [0.4, 0.5) is 0 Å². The van der Waals surface area contributed by atoms with Crippen molar-refractivity contribution in [3.8, 4) is 0 Å². The van der Waals surface area contributed by atoms with Crippen molar-refractivity contribution in [2.24, 2.45) is 5.73 Å². The van der Waals surface area contributed by atoms with Crippen molar-refractivity contribution >= 4 is 18.4 Å². The van der Waals surface area contributed by atoms with E-state index in [0.29, 0.717) is 5.56 Å². The van der Waals surface area contributed by atoms with Gasteiger partial charge < -0.3 is 10.8 Å². The molecule has 0 heterocycles. The Balaban J connectivity index is 0.00000144. The number of aryl methyl sites for hydroxylation is 1. The lowest BCUT2D eigenvalue weighted by molar-refractivity contribution is -0.138. The summed E-state index contributed by atoms with van der Waals surface area (Å²) < 4.78 is 0. The van der Waals surface area contributed by atoms with Gasteiger partial charge in [-0.2, -0.15) is 0 Å². The van der Waals surface area contributed by atoms with Gasteiger partial charge in [-0.3, -0.25) is 4.79 Å². The lowest BCUT2D eigenvalue weighted by Crippen LogP contribution is -2.21. The summed E-state index contributed by atoms with van der Waals surface area (Å²) in [6.45, 7) is 1.85. The molecule has 0 unspecified atom stereocenters. The number of carboxylic acids is 1. The summed E-state index contributed by atoms with van der Waals surface area (Å²) in [5.41, 5.74) is 7.02. The Bertz CT molecular complexity index is 301. The van der Waals surface area contributed by atoms with Crippen LogP contribution in [0.15, 0.2) is 24.3 Å². The molecule has 0 radical (unpaired) electrons. The quantitative estimate of drug-likeness (QED) is 0.762. The van der Waals surface area contributed by atoms with Crippen molar-refractivity contribution in [2.75, 3.05) is 0 Å². The molecule has 0 saturated heterocycles. The zero-order valence-corrected chi connectivity index (χ0v) is 8.04. The molecule has 0 amide bonds. The molecule has 1 atom stereocenters. The van der Waals surface area contributed by atoms with Crippen LogP contribution in [0.5, 0.6) is 0 Å². The van der Waals surface area contributed by atoms with Crippen LogP contribution < -0.4 is 5.73 Å². The maximum atomic E-state index is 10.5. The highest BCUT2D eigenvalue weighted by molar-refractivity contribution is 5.85. The van der Waals surface area contributed by atoms with Crippen molar-refractivity contribution in [1.29, 1.82) is 0 Å². The second-order valence-corrected chi connectivity index (χ2v) is 2.67. The lowest BCUT2D eigenvalue weighted by Gasteiger charge is -2.08. The first kappa shape index (κ1) is 11.9. The molecule has 3 N–H and O–H groups in total. The third-order valence-corrected chi connectivity index (χ3v) is 1.79. The first-order chi connectivity index (χ1) is 5.63. The maximum Gasteiger partial charge on any atom is 0.325 e. The Morgan fingerprint density at radius 3 is 2.46 bits per heavy atom. The fourth-order valence-electron chi connectivity index (χ4n) is 1.07. The van der Waals surface area contributed by atoms with E-state index in [9.17, 15) is 4.79 Å². The van der Waals surface area contributed by atoms with Gasteiger partial charge in [-0.1, -0.05) is 24.3 Å². The van der Waals surface area contributed by atoms with E-state index in [1.165, 1.54) is 0 Å². The number of carboxylic acid groups (broad SMARTS) is 1. The van der Waals surface area contributed by atoms with E-state index in [4.69, 9.17) is 10.8 Å². The van der Waals surface area contributed by atoms with Gasteiger partial charge in [0, 0.05) is 0 Å². The van der Waals surface area contributed by atoms with Gasteiger partial charge in [0.2, 0.25) is 0 Å². The second kappa shape index (κ2) is 4.84. The number of hydrogen-bond donors (Lipinski definition) is 2. The van der Waals surface area contributed by atoms with Crippen LogP contribution in [0, 0.1) is 6.92 Å². The highest BCUT2D eigenvalue weighted by Crippen LogP contribution is 2.14. The zero-order valence-electron chi connectivity index (χ0n) is 7.23. The molecule has 1 rings (SSSR count). The Kier molecular flexibility index (Phi) is 4.45. The Morgan fingerprint density at radius 2 is 2.00 bits per heavy atom. The fourth-order valence-corrected chi connectivity index (χ4v) is 1.07. The molecule has 0 aliphatic heterocycles. The highest BCUT2D eigenvalue weighted by atomic mass is 35.5. The van der Waals surface area contributed by atoms with Gasteiger partial charge in [0.25, 0.3) is 0 Å². The van der Waals surface area contributed by atoms with Crippen molar-refractivity contribution < 1.29 is 9.90 Å². The van der Waals surface area contributed by atoms with Crippen molar-refractivity contribution in [2.45, 2.75) is 13.0 Å². The average molecular weight is 202 g/mol. The van der Waals surface area contributed by atoms with E-state index in [0.717, 1.165) is 5.56 Å². The summed E-state index contributed by atoms with van der Waals surface area (Å²) in [5, 5.41) is 8.63. The van der Waals surface area contributed by atoms with Gasteiger partial charge in [0.05, 0.1) is 0 Å². The normalized spacial score (nSPS) is 11.5. The first-order valence-electron chi connectivity index (χ1n) is 3.67. The second-order valence-electron chi connectivity index (χ2n) is 2.67. The smallest absolute Gasteiger partial charge is 0.325 e. The summed E-state index contributed by atoms with van der Waals surface area (Å²) >= 11 is 0. The van der Waals surface area contributed by atoms with E-state index in [1.54, 1.807) is 12.1 Å². The van der Waals surface area contributed by atoms with E-state index < -0.39 is 12.0 Å². The minimum atomic E-state index is -0.996. The molecule has 0 aliphatic carbocycles. The van der Waals surface area contributed by atoms with E-state index in [2.05, 4.69) is 0 Å². The topological polar surface area (TPSA) is 63.3 Å². The molecule has 72 valence electrons. The SMILES string of the molecule is Cc1ccccc1[C@H](N)C(=O)O.Cl. The number of benzene rings is 1. The number of aliphatic carboxylic acids is 1. The minimum Gasteiger partial charge on any atom is -0.480 e. The minimum absolute atomic E-state index is 0. The van der Waals surface area contributed by atoms with Gasteiger partial charge in [0.1, 0.15) is 6.04 Å². The van der Waals surface area contributed by atoms with Gasteiger partial charge in [0.15, 0.2) is 0 Å².